The maximum absolute atomic E-state index is 8.49. The Morgan fingerprint density at radius 2 is 1.22 bits per heavy atom. The van der Waals surface area contributed by atoms with Crippen molar-refractivity contribution in [2.24, 2.45) is 0 Å². The van der Waals surface area contributed by atoms with E-state index >= 15 is 0 Å². The lowest BCUT2D eigenvalue weighted by Gasteiger charge is -2.17. The van der Waals surface area contributed by atoms with E-state index in [1.165, 1.54) is 5.56 Å². The summed E-state index contributed by atoms with van der Waals surface area (Å²) >= 11 is 0. The largest absolute Gasteiger partial charge is 0.222 e. The van der Waals surface area contributed by atoms with Crippen LogP contribution in [-0.4, -0.2) is 0 Å². The van der Waals surface area contributed by atoms with E-state index in [-0.39, 0.29) is 0 Å². The van der Waals surface area contributed by atoms with E-state index < -0.39 is 10.2 Å². The van der Waals surface area contributed by atoms with E-state index in [1.54, 1.807) is 0 Å². The lowest BCUT2D eigenvalue weighted by atomic mass is 10.2. The maximum Gasteiger partial charge on any atom is 0.173 e. The van der Waals surface area contributed by atoms with Gasteiger partial charge in [-0.05, 0) is 0 Å². The lowest BCUT2D eigenvalue weighted by Crippen LogP contribution is -2.68. The molecule has 0 radical (unpaired) electrons. The first kappa shape index (κ1) is 14.6. The third-order valence-electron chi connectivity index (χ3n) is 1.99. The van der Waals surface area contributed by atoms with Crippen LogP contribution in [0.15, 0.2) is 60.9 Å². The number of halogens is 1. The fraction of sp³-hybridized carbons (Fsp3) is 0.0833. The molecule has 0 fully saturated rings. The predicted molar refractivity (Wildman–Crippen MR) is 52.2 cm³/mol. The van der Waals surface area contributed by atoms with E-state index in [0.29, 0.717) is 0 Å². The van der Waals surface area contributed by atoms with Crippen molar-refractivity contribution < 1.29 is 33.4 Å². The third-order valence-corrected chi connectivity index (χ3v) is 1.99. The standard InChI is InChI=1S/C12H12N.ClHO4/c1-3-7-12(8-4-1)11-13-9-5-2-6-10-13;2-1(3,4)5/h1-10H,11H2;(H,2,3,4,5)/q+1;/p-1. The highest BCUT2D eigenvalue weighted by atomic mass is 35.7. The molecule has 1 aromatic carbocycles. The minimum absolute atomic E-state index is 0.946. The van der Waals surface area contributed by atoms with E-state index in [0.717, 1.165) is 6.54 Å². The molecule has 0 aliphatic heterocycles. The SMILES string of the molecule is [O-][Cl+3]([O-])([O-])[O-].c1ccc(C[n+]2ccccc2)cc1. The summed E-state index contributed by atoms with van der Waals surface area (Å²) < 4.78 is 36.1. The highest BCUT2D eigenvalue weighted by Gasteiger charge is 1.98. The van der Waals surface area contributed by atoms with E-state index in [9.17, 15) is 0 Å². The molecule has 96 valence electrons. The normalized spacial score (nSPS) is 10.4. The molecule has 18 heavy (non-hydrogen) atoms. The zero-order chi connectivity index (χ0) is 13.4. The Hall–Kier alpha value is -1.50. The van der Waals surface area contributed by atoms with Crippen molar-refractivity contribution in [2.45, 2.75) is 6.54 Å². The van der Waals surface area contributed by atoms with Gasteiger partial charge >= 0.3 is 0 Å². The molecule has 0 saturated carbocycles. The minimum atomic E-state index is -4.94. The van der Waals surface area contributed by atoms with Crippen molar-refractivity contribution in [3.63, 3.8) is 0 Å². The van der Waals surface area contributed by atoms with Crippen LogP contribution >= 0.6 is 0 Å². The van der Waals surface area contributed by atoms with Gasteiger partial charge in [0.05, 0.1) is 0 Å². The molecular formula is C12H12ClNO4. The van der Waals surface area contributed by atoms with Crippen molar-refractivity contribution in [1.82, 2.24) is 0 Å². The molecule has 1 aromatic heterocycles. The highest BCUT2D eigenvalue weighted by molar-refractivity contribution is 5.13. The van der Waals surface area contributed by atoms with Gasteiger partial charge in [0.1, 0.15) is 0 Å². The summed E-state index contributed by atoms with van der Waals surface area (Å²) in [6, 6.07) is 16.6. The van der Waals surface area contributed by atoms with Gasteiger partial charge in [-0.1, -0.05) is 36.4 Å². The fourth-order valence-corrected chi connectivity index (χ4v) is 1.33. The van der Waals surface area contributed by atoms with E-state index in [2.05, 4.69) is 41.2 Å². The molecule has 0 spiro atoms. The first-order chi connectivity index (χ1) is 8.45. The second-order valence-electron chi connectivity index (χ2n) is 3.41. The third kappa shape index (κ3) is 7.72. The first-order valence-electron chi connectivity index (χ1n) is 5.05. The van der Waals surface area contributed by atoms with Crippen molar-refractivity contribution in [1.29, 1.82) is 0 Å². The van der Waals surface area contributed by atoms with Crippen molar-refractivity contribution in [3.8, 4) is 0 Å². The number of nitrogens with zero attached hydrogens (tertiary/aromatic N) is 1. The molecule has 2 aromatic rings. The summed E-state index contributed by atoms with van der Waals surface area (Å²) in [6.07, 6.45) is 4.15. The lowest BCUT2D eigenvalue weighted by molar-refractivity contribution is -2.00. The molecule has 0 unspecified atom stereocenters. The number of benzene rings is 1. The van der Waals surface area contributed by atoms with Crippen molar-refractivity contribution in [3.05, 3.63) is 66.5 Å². The number of rotatable bonds is 2. The molecule has 0 amide bonds. The molecule has 0 N–H and O–H groups in total. The van der Waals surface area contributed by atoms with Gasteiger partial charge < -0.3 is 0 Å². The summed E-state index contributed by atoms with van der Waals surface area (Å²) in [6.45, 7) is 0.946. The molecule has 0 aliphatic carbocycles. The van der Waals surface area contributed by atoms with E-state index in [4.69, 9.17) is 18.6 Å². The quantitative estimate of drug-likeness (QED) is 0.553. The van der Waals surface area contributed by atoms with Crippen molar-refractivity contribution in [2.75, 3.05) is 0 Å². The topological polar surface area (TPSA) is 96.1 Å². The molecule has 5 nitrogen and oxygen atoms in total. The average Bonchev–Trinajstić information content (AvgIpc) is 2.29. The molecule has 6 heteroatoms. The Morgan fingerprint density at radius 3 is 1.72 bits per heavy atom. The summed E-state index contributed by atoms with van der Waals surface area (Å²) in [7, 11) is -4.94. The van der Waals surface area contributed by atoms with Crippen LogP contribution < -0.4 is 23.2 Å². The van der Waals surface area contributed by atoms with Crippen LogP contribution in [0.3, 0.4) is 0 Å². The molecular weight excluding hydrogens is 258 g/mol. The van der Waals surface area contributed by atoms with Crippen LogP contribution in [0, 0.1) is 10.2 Å². The van der Waals surface area contributed by atoms with Crippen LogP contribution in [0.5, 0.6) is 0 Å². The van der Waals surface area contributed by atoms with Gasteiger partial charge in [0.15, 0.2) is 18.9 Å². The van der Waals surface area contributed by atoms with Gasteiger partial charge in [-0.2, -0.15) is 0 Å². The van der Waals surface area contributed by atoms with Crippen molar-refractivity contribution >= 4 is 0 Å². The highest BCUT2D eigenvalue weighted by Crippen LogP contribution is 1.96. The maximum atomic E-state index is 8.49. The zero-order valence-corrected chi connectivity index (χ0v) is 10.2. The van der Waals surface area contributed by atoms with Gasteiger partial charge in [0.2, 0.25) is 0 Å². The summed E-state index contributed by atoms with van der Waals surface area (Å²) in [5, 5.41) is 0. The first-order valence-corrected chi connectivity index (χ1v) is 6.28. The Morgan fingerprint density at radius 1 is 0.778 bits per heavy atom. The van der Waals surface area contributed by atoms with Crippen LogP contribution in [0.4, 0.5) is 0 Å². The molecule has 2 rings (SSSR count). The summed E-state index contributed by atoms with van der Waals surface area (Å²) in [4.78, 5) is 0. The second kappa shape index (κ2) is 7.05. The number of hydrogen-bond acceptors (Lipinski definition) is 4. The summed E-state index contributed by atoms with van der Waals surface area (Å²) in [5.41, 5.74) is 1.33. The number of pyridine rings is 1. The molecule has 0 bridgehead atoms. The van der Waals surface area contributed by atoms with E-state index in [1.807, 2.05) is 24.3 Å². The van der Waals surface area contributed by atoms with Gasteiger partial charge in [0, 0.05) is 17.7 Å². The monoisotopic (exact) mass is 269 g/mol. The van der Waals surface area contributed by atoms with Gasteiger partial charge in [-0.15, -0.1) is 10.2 Å². The predicted octanol–water partition coefficient (Wildman–Crippen LogP) is -2.73. The average molecular weight is 270 g/mol. The Bertz CT molecular complexity index is 401. The molecule has 1 heterocycles. The number of hydrogen-bond donors (Lipinski definition) is 0. The van der Waals surface area contributed by atoms with Crippen LogP contribution in [0.25, 0.3) is 0 Å². The molecule has 0 aliphatic rings. The minimum Gasteiger partial charge on any atom is -0.222 e. The van der Waals surface area contributed by atoms with Crippen LogP contribution in [-0.2, 0) is 6.54 Å². The second-order valence-corrected chi connectivity index (χ2v) is 4.17. The molecule has 0 atom stereocenters. The molecule has 0 saturated heterocycles. The Balaban J connectivity index is 0.000000280. The fourth-order valence-electron chi connectivity index (χ4n) is 1.33. The number of aromatic nitrogens is 1. The Kier molecular flexibility index (Phi) is 5.70. The van der Waals surface area contributed by atoms with Gasteiger partial charge in [0.25, 0.3) is 0 Å². The van der Waals surface area contributed by atoms with Gasteiger partial charge in [-0.25, -0.2) is 23.2 Å². The van der Waals surface area contributed by atoms with Gasteiger partial charge in [-0.3, -0.25) is 0 Å². The smallest absolute Gasteiger partial charge is 0.173 e. The van der Waals surface area contributed by atoms with Crippen LogP contribution in [0.2, 0.25) is 0 Å². The summed E-state index contributed by atoms with van der Waals surface area (Å²) in [5.74, 6) is 0. The zero-order valence-electron chi connectivity index (χ0n) is 9.44. The van der Waals surface area contributed by atoms with Crippen LogP contribution in [0.1, 0.15) is 5.56 Å². The Labute approximate surface area is 107 Å².